The normalized spacial score (nSPS) is 11.4. The Morgan fingerprint density at radius 1 is 1.21 bits per heavy atom. The van der Waals surface area contributed by atoms with Crippen LogP contribution in [0.4, 0.5) is 0 Å². The fraction of sp³-hybridized carbons (Fsp3) is 0.857. The predicted molar refractivity (Wildman–Crippen MR) is 77.4 cm³/mol. The van der Waals surface area contributed by atoms with Crippen LogP contribution in [0.3, 0.4) is 0 Å². The highest BCUT2D eigenvalue weighted by atomic mass is 16.5. The zero-order valence-electron chi connectivity index (χ0n) is 12.8. The quantitative estimate of drug-likeness (QED) is 0.658. The fourth-order valence-electron chi connectivity index (χ4n) is 1.84. The van der Waals surface area contributed by atoms with Gasteiger partial charge in [0.1, 0.15) is 5.82 Å². The highest BCUT2D eigenvalue weighted by Gasteiger charge is 2.05. The lowest BCUT2D eigenvalue weighted by atomic mass is 10.4. The molecule has 0 saturated carbocycles. The van der Waals surface area contributed by atoms with Crippen LogP contribution in [0.1, 0.15) is 45.8 Å². The van der Waals surface area contributed by atoms with Crippen molar-refractivity contribution < 1.29 is 4.74 Å². The molecule has 1 heterocycles. The summed E-state index contributed by atoms with van der Waals surface area (Å²) in [5.74, 6) is 2.03. The van der Waals surface area contributed by atoms with E-state index >= 15 is 0 Å². The number of nitrogens with one attached hydrogen (secondary N) is 1. The zero-order valence-corrected chi connectivity index (χ0v) is 12.8. The Morgan fingerprint density at radius 2 is 2.00 bits per heavy atom. The number of nitrogens with zero attached hydrogens (tertiary/aromatic N) is 3. The second-order valence-corrected chi connectivity index (χ2v) is 4.90. The molecule has 1 aromatic heterocycles. The molecule has 1 rings (SSSR count). The summed E-state index contributed by atoms with van der Waals surface area (Å²) in [6.07, 6.45) is 3.22. The van der Waals surface area contributed by atoms with E-state index in [-0.39, 0.29) is 0 Å². The van der Waals surface area contributed by atoms with Crippen molar-refractivity contribution in [2.45, 2.75) is 59.6 Å². The molecule has 1 aromatic rings. The molecule has 19 heavy (non-hydrogen) atoms. The van der Waals surface area contributed by atoms with Gasteiger partial charge in [-0.1, -0.05) is 13.8 Å². The number of ether oxygens (including phenoxy) is 1. The van der Waals surface area contributed by atoms with Gasteiger partial charge in [-0.15, -0.1) is 0 Å². The van der Waals surface area contributed by atoms with Crippen molar-refractivity contribution in [2.24, 2.45) is 0 Å². The number of rotatable bonds is 10. The molecule has 5 heteroatoms. The molecule has 0 bridgehead atoms. The van der Waals surface area contributed by atoms with E-state index in [1.165, 1.54) is 0 Å². The molecule has 0 aromatic carbocycles. The lowest BCUT2D eigenvalue weighted by Gasteiger charge is -2.08. The summed E-state index contributed by atoms with van der Waals surface area (Å²) < 4.78 is 7.52. The van der Waals surface area contributed by atoms with E-state index in [0.717, 1.165) is 57.2 Å². The average molecular weight is 268 g/mol. The second-order valence-electron chi connectivity index (χ2n) is 4.90. The summed E-state index contributed by atoms with van der Waals surface area (Å²) in [7, 11) is 0. The van der Waals surface area contributed by atoms with Crippen molar-refractivity contribution in [3.63, 3.8) is 0 Å². The molecule has 0 radical (unpaired) electrons. The van der Waals surface area contributed by atoms with Crippen LogP contribution in [0.2, 0.25) is 0 Å². The van der Waals surface area contributed by atoms with Gasteiger partial charge in [-0.2, -0.15) is 5.10 Å². The predicted octanol–water partition coefficient (Wildman–Crippen LogP) is 1.81. The molecule has 0 spiro atoms. The van der Waals surface area contributed by atoms with E-state index in [0.29, 0.717) is 6.10 Å². The largest absolute Gasteiger partial charge is 0.379 e. The van der Waals surface area contributed by atoms with E-state index in [1.54, 1.807) is 0 Å². The Hall–Kier alpha value is -0.940. The number of hydrogen-bond acceptors (Lipinski definition) is 4. The SMILES string of the molecule is CCc1nc(CC)n(CCNCCCOC(C)C)n1. The van der Waals surface area contributed by atoms with Crippen molar-refractivity contribution in [2.75, 3.05) is 19.7 Å². The topological polar surface area (TPSA) is 52.0 Å². The van der Waals surface area contributed by atoms with Crippen molar-refractivity contribution in [3.8, 4) is 0 Å². The van der Waals surface area contributed by atoms with Crippen molar-refractivity contribution in [3.05, 3.63) is 11.6 Å². The van der Waals surface area contributed by atoms with E-state index < -0.39 is 0 Å². The van der Waals surface area contributed by atoms with Gasteiger partial charge in [0.05, 0.1) is 12.6 Å². The molecule has 110 valence electrons. The zero-order chi connectivity index (χ0) is 14.1. The van der Waals surface area contributed by atoms with Crippen LogP contribution in [-0.2, 0) is 24.1 Å². The molecule has 5 nitrogen and oxygen atoms in total. The lowest BCUT2D eigenvalue weighted by molar-refractivity contribution is 0.0771. The van der Waals surface area contributed by atoms with E-state index in [4.69, 9.17) is 4.74 Å². The Bertz CT molecular complexity index is 349. The molecule has 0 fully saturated rings. The molecule has 0 unspecified atom stereocenters. The van der Waals surface area contributed by atoms with Gasteiger partial charge in [0, 0.05) is 26.0 Å². The van der Waals surface area contributed by atoms with Gasteiger partial charge in [-0.05, 0) is 26.8 Å². The smallest absolute Gasteiger partial charge is 0.150 e. The number of aryl methyl sites for hydroxylation is 2. The van der Waals surface area contributed by atoms with E-state index in [2.05, 4.69) is 43.1 Å². The summed E-state index contributed by atoms with van der Waals surface area (Å²) in [4.78, 5) is 4.50. The van der Waals surface area contributed by atoms with Gasteiger partial charge in [-0.25, -0.2) is 9.67 Å². The van der Waals surface area contributed by atoms with E-state index in [1.807, 2.05) is 4.68 Å². The molecular formula is C14H28N4O. The average Bonchev–Trinajstić information content (AvgIpc) is 2.79. The fourth-order valence-corrected chi connectivity index (χ4v) is 1.84. The van der Waals surface area contributed by atoms with Crippen molar-refractivity contribution >= 4 is 0 Å². The maximum Gasteiger partial charge on any atom is 0.150 e. The van der Waals surface area contributed by atoms with Crippen LogP contribution in [0.5, 0.6) is 0 Å². The van der Waals surface area contributed by atoms with Crippen LogP contribution >= 0.6 is 0 Å². The first-order chi connectivity index (χ1) is 9.17. The summed E-state index contributed by atoms with van der Waals surface area (Å²) >= 11 is 0. The van der Waals surface area contributed by atoms with Gasteiger partial charge in [-0.3, -0.25) is 0 Å². The molecule has 1 N–H and O–H groups in total. The molecule has 0 aliphatic rings. The molecule has 0 atom stereocenters. The van der Waals surface area contributed by atoms with Gasteiger partial charge in [0.2, 0.25) is 0 Å². The third kappa shape index (κ3) is 6.16. The molecule has 0 saturated heterocycles. The Labute approximate surface area is 116 Å². The summed E-state index contributed by atoms with van der Waals surface area (Å²) in [6, 6.07) is 0. The van der Waals surface area contributed by atoms with Gasteiger partial charge >= 0.3 is 0 Å². The van der Waals surface area contributed by atoms with Crippen LogP contribution in [0, 0.1) is 0 Å². The molecule has 0 aliphatic heterocycles. The minimum atomic E-state index is 0.328. The highest BCUT2D eigenvalue weighted by Crippen LogP contribution is 2.00. The highest BCUT2D eigenvalue weighted by molar-refractivity contribution is 4.92. The third-order valence-electron chi connectivity index (χ3n) is 2.87. The lowest BCUT2D eigenvalue weighted by Crippen LogP contribution is -2.23. The summed E-state index contributed by atoms with van der Waals surface area (Å²) in [6.45, 7) is 12.0. The number of hydrogen-bond donors (Lipinski definition) is 1. The van der Waals surface area contributed by atoms with Crippen LogP contribution in [0.25, 0.3) is 0 Å². The minimum absolute atomic E-state index is 0.328. The second kappa shape index (κ2) is 9.04. The monoisotopic (exact) mass is 268 g/mol. The summed E-state index contributed by atoms with van der Waals surface area (Å²) in [5.41, 5.74) is 0. The van der Waals surface area contributed by atoms with Crippen molar-refractivity contribution in [1.29, 1.82) is 0 Å². The maximum absolute atomic E-state index is 5.49. The molecule has 0 aliphatic carbocycles. The molecule has 0 amide bonds. The molecular weight excluding hydrogens is 240 g/mol. The van der Waals surface area contributed by atoms with Crippen LogP contribution in [-0.4, -0.2) is 40.6 Å². The Kier molecular flexibility index (Phi) is 7.67. The first-order valence-corrected chi connectivity index (χ1v) is 7.42. The Balaban J connectivity index is 2.16. The van der Waals surface area contributed by atoms with Gasteiger partial charge in [0.25, 0.3) is 0 Å². The Morgan fingerprint density at radius 3 is 2.63 bits per heavy atom. The van der Waals surface area contributed by atoms with Crippen LogP contribution in [0.15, 0.2) is 0 Å². The minimum Gasteiger partial charge on any atom is -0.379 e. The van der Waals surface area contributed by atoms with Crippen LogP contribution < -0.4 is 5.32 Å². The standard InChI is InChI=1S/C14H28N4O/c1-5-13-16-14(6-2)18(17-13)10-9-15-8-7-11-19-12(3)4/h12,15H,5-11H2,1-4H3. The first-order valence-electron chi connectivity index (χ1n) is 7.42. The van der Waals surface area contributed by atoms with Gasteiger partial charge in [0.15, 0.2) is 5.82 Å². The summed E-state index contributed by atoms with van der Waals surface area (Å²) in [5, 5.41) is 7.92. The maximum atomic E-state index is 5.49. The van der Waals surface area contributed by atoms with Gasteiger partial charge < -0.3 is 10.1 Å². The third-order valence-corrected chi connectivity index (χ3v) is 2.87. The van der Waals surface area contributed by atoms with E-state index in [9.17, 15) is 0 Å². The number of aromatic nitrogens is 3. The first kappa shape index (κ1) is 16.1. The van der Waals surface area contributed by atoms with Crippen molar-refractivity contribution in [1.82, 2.24) is 20.1 Å².